The molecular weight excluding hydrogens is 276 g/mol. The summed E-state index contributed by atoms with van der Waals surface area (Å²) in [6.45, 7) is 5.13. The van der Waals surface area contributed by atoms with E-state index in [1.165, 1.54) is 0 Å². The van der Waals surface area contributed by atoms with Crippen LogP contribution in [0.5, 0.6) is 0 Å². The zero-order valence-corrected chi connectivity index (χ0v) is 13.0. The van der Waals surface area contributed by atoms with Crippen LogP contribution in [0.3, 0.4) is 0 Å². The quantitative estimate of drug-likeness (QED) is 0.860. The summed E-state index contributed by atoms with van der Waals surface area (Å²) in [7, 11) is -3.19. The summed E-state index contributed by atoms with van der Waals surface area (Å²) in [5, 5.41) is 2.64. The van der Waals surface area contributed by atoms with Crippen LogP contribution in [0, 0.1) is 0 Å². The Labute approximate surface area is 120 Å². The van der Waals surface area contributed by atoms with E-state index in [9.17, 15) is 13.2 Å². The molecule has 0 atom stereocenters. The number of amides is 1. The molecule has 20 heavy (non-hydrogen) atoms. The molecule has 5 nitrogen and oxygen atoms in total. The molecule has 0 saturated carbocycles. The summed E-state index contributed by atoms with van der Waals surface area (Å²) in [4.78, 5) is 15.7. The smallest absolute Gasteiger partial charge is 0.220 e. The average molecular weight is 298 g/mol. The Morgan fingerprint density at radius 2 is 2.00 bits per heavy atom. The minimum Gasteiger partial charge on any atom is -0.355 e. The molecule has 0 aliphatic rings. The van der Waals surface area contributed by atoms with Crippen molar-refractivity contribution in [2.45, 2.75) is 38.4 Å². The minimum absolute atomic E-state index is 0.0359. The highest BCUT2D eigenvalue weighted by Gasteiger charge is 2.28. The summed E-state index contributed by atoms with van der Waals surface area (Å²) in [5.74, 6) is -0.189. The van der Waals surface area contributed by atoms with Gasteiger partial charge in [0, 0.05) is 24.9 Å². The molecule has 112 valence electrons. The topological polar surface area (TPSA) is 76.1 Å². The highest BCUT2D eigenvalue weighted by atomic mass is 32.2. The van der Waals surface area contributed by atoms with Gasteiger partial charge in [0.05, 0.1) is 10.5 Å². The maximum Gasteiger partial charge on any atom is 0.220 e. The molecule has 0 radical (unpaired) electrons. The van der Waals surface area contributed by atoms with Crippen molar-refractivity contribution in [3.05, 3.63) is 30.1 Å². The van der Waals surface area contributed by atoms with Crippen LogP contribution in [0.25, 0.3) is 0 Å². The third kappa shape index (κ3) is 5.28. The fourth-order valence-electron chi connectivity index (χ4n) is 1.51. The van der Waals surface area contributed by atoms with Crippen LogP contribution in [0.15, 0.2) is 24.4 Å². The first kappa shape index (κ1) is 16.6. The van der Waals surface area contributed by atoms with Crippen molar-refractivity contribution in [2.24, 2.45) is 0 Å². The van der Waals surface area contributed by atoms with E-state index in [2.05, 4.69) is 10.3 Å². The lowest BCUT2D eigenvalue weighted by Gasteiger charge is -2.19. The molecule has 1 amide bonds. The number of hydrogen-bond donors (Lipinski definition) is 1. The summed E-state index contributed by atoms with van der Waals surface area (Å²) in [6, 6.07) is 5.55. The van der Waals surface area contributed by atoms with E-state index in [1.807, 2.05) is 18.2 Å². The molecule has 0 unspecified atom stereocenters. The van der Waals surface area contributed by atoms with Crippen LogP contribution in [-0.2, 0) is 21.1 Å². The van der Waals surface area contributed by atoms with Crippen LogP contribution in [-0.4, -0.2) is 36.4 Å². The van der Waals surface area contributed by atoms with Gasteiger partial charge < -0.3 is 5.32 Å². The second-order valence-electron chi connectivity index (χ2n) is 5.60. The van der Waals surface area contributed by atoms with Gasteiger partial charge in [-0.2, -0.15) is 0 Å². The number of pyridine rings is 1. The Hall–Kier alpha value is -1.43. The molecule has 0 fully saturated rings. The van der Waals surface area contributed by atoms with Crippen LogP contribution in [0.1, 0.15) is 32.9 Å². The molecule has 1 aromatic rings. The summed E-state index contributed by atoms with van der Waals surface area (Å²) < 4.78 is 22.9. The molecule has 1 rings (SSSR count). The van der Waals surface area contributed by atoms with Gasteiger partial charge in [-0.1, -0.05) is 6.07 Å². The standard InChI is InChI=1S/C14H22N2O3S/c1-14(2,3)20(18,19)11-10-16-13(17)8-7-12-6-4-5-9-15-12/h4-6,9H,7-8,10-11H2,1-3H3,(H,16,17). The highest BCUT2D eigenvalue weighted by Crippen LogP contribution is 2.15. The predicted octanol–water partition coefficient (Wildman–Crippen LogP) is 1.34. The van der Waals surface area contributed by atoms with E-state index < -0.39 is 14.6 Å². The fourth-order valence-corrected chi connectivity index (χ4v) is 2.49. The van der Waals surface area contributed by atoms with Crippen molar-refractivity contribution in [1.82, 2.24) is 10.3 Å². The van der Waals surface area contributed by atoms with Gasteiger partial charge in [-0.15, -0.1) is 0 Å². The van der Waals surface area contributed by atoms with E-state index in [4.69, 9.17) is 0 Å². The number of hydrogen-bond acceptors (Lipinski definition) is 4. The van der Waals surface area contributed by atoms with Crippen molar-refractivity contribution in [1.29, 1.82) is 0 Å². The molecule has 0 aliphatic carbocycles. The third-order valence-corrected chi connectivity index (χ3v) is 5.57. The Kier molecular flexibility index (Phi) is 5.68. The van der Waals surface area contributed by atoms with E-state index in [0.717, 1.165) is 5.69 Å². The van der Waals surface area contributed by atoms with E-state index >= 15 is 0 Å². The van der Waals surface area contributed by atoms with Gasteiger partial charge in [0.1, 0.15) is 0 Å². The Balaban J connectivity index is 2.31. The molecule has 0 aliphatic heterocycles. The molecule has 0 saturated heterocycles. The SMILES string of the molecule is CC(C)(C)S(=O)(=O)CCNC(=O)CCc1ccccn1. The maximum atomic E-state index is 11.9. The Morgan fingerprint density at radius 1 is 1.30 bits per heavy atom. The number of rotatable bonds is 6. The van der Waals surface area contributed by atoms with Gasteiger partial charge >= 0.3 is 0 Å². The maximum absolute atomic E-state index is 11.9. The van der Waals surface area contributed by atoms with E-state index in [1.54, 1.807) is 27.0 Å². The lowest BCUT2D eigenvalue weighted by molar-refractivity contribution is -0.120. The van der Waals surface area contributed by atoms with Gasteiger partial charge in [-0.25, -0.2) is 8.42 Å². The van der Waals surface area contributed by atoms with E-state index in [0.29, 0.717) is 12.8 Å². The van der Waals surface area contributed by atoms with Crippen molar-refractivity contribution < 1.29 is 13.2 Å². The number of carbonyl (C=O) groups excluding carboxylic acids is 1. The summed E-state index contributed by atoms with van der Waals surface area (Å²) in [5.41, 5.74) is 0.852. The summed E-state index contributed by atoms with van der Waals surface area (Å²) >= 11 is 0. The molecule has 0 spiro atoms. The van der Waals surface area contributed by atoms with Gasteiger partial charge in [0.2, 0.25) is 5.91 Å². The largest absolute Gasteiger partial charge is 0.355 e. The van der Waals surface area contributed by atoms with Gasteiger partial charge in [0.25, 0.3) is 0 Å². The number of sulfone groups is 1. The number of aromatic nitrogens is 1. The average Bonchev–Trinajstić information content (AvgIpc) is 2.36. The number of carbonyl (C=O) groups is 1. The first-order valence-corrected chi connectivity index (χ1v) is 8.26. The lowest BCUT2D eigenvalue weighted by atomic mass is 10.2. The second-order valence-corrected chi connectivity index (χ2v) is 8.46. The van der Waals surface area contributed by atoms with Crippen molar-refractivity contribution in [3.8, 4) is 0 Å². The second kappa shape index (κ2) is 6.83. The van der Waals surface area contributed by atoms with Crippen LogP contribution in [0.4, 0.5) is 0 Å². The molecule has 0 bridgehead atoms. The molecule has 1 N–H and O–H groups in total. The molecule has 0 aromatic carbocycles. The molecule has 1 aromatic heterocycles. The first-order valence-electron chi connectivity index (χ1n) is 6.61. The van der Waals surface area contributed by atoms with Gasteiger partial charge in [-0.05, 0) is 39.3 Å². The van der Waals surface area contributed by atoms with Crippen LogP contribution in [0.2, 0.25) is 0 Å². The molecular formula is C14H22N2O3S. The zero-order chi connectivity index (χ0) is 15.2. The lowest BCUT2D eigenvalue weighted by Crippen LogP contribution is -2.36. The zero-order valence-electron chi connectivity index (χ0n) is 12.2. The predicted molar refractivity (Wildman–Crippen MR) is 79.1 cm³/mol. The summed E-state index contributed by atoms with van der Waals surface area (Å²) in [6.07, 6.45) is 2.55. The Bertz CT molecular complexity index is 533. The van der Waals surface area contributed by atoms with Crippen molar-refractivity contribution in [3.63, 3.8) is 0 Å². The number of nitrogens with zero attached hydrogens (tertiary/aromatic N) is 1. The Morgan fingerprint density at radius 3 is 2.55 bits per heavy atom. The molecule has 6 heteroatoms. The monoisotopic (exact) mass is 298 g/mol. The first-order chi connectivity index (χ1) is 9.22. The number of aryl methyl sites for hydroxylation is 1. The van der Waals surface area contributed by atoms with Crippen LogP contribution >= 0.6 is 0 Å². The van der Waals surface area contributed by atoms with Gasteiger partial charge in [0.15, 0.2) is 9.84 Å². The fraction of sp³-hybridized carbons (Fsp3) is 0.571. The van der Waals surface area contributed by atoms with Crippen molar-refractivity contribution >= 4 is 15.7 Å². The van der Waals surface area contributed by atoms with Crippen molar-refractivity contribution in [2.75, 3.05) is 12.3 Å². The van der Waals surface area contributed by atoms with Gasteiger partial charge in [-0.3, -0.25) is 9.78 Å². The van der Waals surface area contributed by atoms with E-state index in [-0.39, 0.29) is 18.2 Å². The number of nitrogens with one attached hydrogen (secondary N) is 1. The molecule has 1 heterocycles. The minimum atomic E-state index is -3.19. The third-order valence-electron chi connectivity index (χ3n) is 2.96. The normalized spacial score (nSPS) is 12.2. The highest BCUT2D eigenvalue weighted by molar-refractivity contribution is 7.92. The van der Waals surface area contributed by atoms with Crippen LogP contribution < -0.4 is 5.32 Å².